The van der Waals surface area contributed by atoms with Gasteiger partial charge in [0, 0.05) is 23.1 Å². The highest BCUT2D eigenvalue weighted by molar-refractivity contribution is 5.83. The van der Waals surface area contributed by atoms with Gasteiger partial charge in [-0.15, -0.1) is 0 Å². The number of hydrogen-bond donors (Lipinski definition) is 2. The van der Waals surface area contributed by atoms with Crippen molar-refractivity contribution in [2.24, 2.45) is 0 Å². The number of fused-ring (bicyclic) bond motifs is 1. The first-order valence-corrected chi connectivity index (χ1v) is 6.22. The molecule has 19 heavy (non-hydrogen) atoms. The van der Waals surface area contributed by atoms with Crippen LogP contribution in [0.4, 0.5) is 13.2 Å². The van der Waals surface area contributed by atoms with Crippen LogP contribution in [0.5, 0.6) is 0 Å². The molecule has 0 fully saturated rings. The number of benzene rings is 1. The van der Waals surface area contributed by atoms with E-state index in [4.69, 9.17) is 0 Å². The van der Waals surface area contributed by atoms with Gasteiger partial charge >= 0.3 is 6.18 Å². The summed E-state index contributed by atoms with van der Waals surface area (Å²) < 4.78 is 36.4. The lowest BCUT2D eigenvalue weighted by Crippen LogP contribution is -2.36. The van der Waals surface area contributed by atoms with Gasteiger partial charge in [-0.25, -0.2) is 0 Å². The smallest absolute Gasteiger partial charge is 0.361 e. The van der Waals surface area contributed by atoms with Gasteiger partial charge in [-0.05, 0) is 37.5 Å². The van der Waals surface area contributed by atoms with E-state index in [1.54, 1.807) is 6.92 Å². The van der Waals surface area contributed by atoms with E-state index < -0.39 is 12.7 Å². The monoisotopic (exact) mass is 270 g/mol. The number of alkyl halides is 3. The number of H-pyrrole nitrogens is 1. The molecule has 0 aliphatic heterocycles. The summed E-state index contributed by atoms with van der Waals surface area (Å²) in [6.45, 7) is 2.82. The number of aromatic nitrogens is 1. The molecular formula is C14H17F3N2. The SMILES string of the molecule is Cc1ccc2c(CC(C)NCC(F)(F)F)c[nH]c2c1. The Bertz CT molecular complexity index is 557. The van der Waals surface area contributed by atoms with Gasteiger partial charge in [-0.3, -0.25) is 0 Å². The van der Waals surface area contributed by atoms with Gasteiger partial charge in [-0.2, -0.15) is 13.2 Å². The molecule has 2 rings (SSSR count). The van der Waals surface area contributed by atoms with E-state index in [0.29, 0.717) is 6.42 Å². The summed E-state index contributed by atoms with van der Waals surface area (Å²) in [6.07, 6.45) is -1.72. The molecule has 2 N–H and O–H groups in total. The molecule has 0 saturated heterocycles. The largest absolute Gasteiger partial charge is 0.401 e. The first-order chi connectivity index (χ1) is 8.85. The minimum atomic E-state index is -4.16. The maximum atomic E-state index is 12.1. The number of rotatable bonds is 4. The molecule has 1 heterocycles. The number of halogens is 3. The van der Waals surface area contributed by atoms with Gasteiger partial charge in [-0.1, -0.05) is 12.1 Å². The third-order valence-corrected chi connectivity index (χ3v) is 3.10. The maximum absolute atomic E-state index is 12.1. The summed E-state index contributed by atoms with van der Waals surface area (Å²) in [6, 6.07) is 5.83. The van der Waals surface area contributed by atoms with Crippen molar-refractivity contribution in [3.05, 3.63) is 35.5 Å². The molecule has 0 aliphatic carbocycles. The zero-order valence-corrected chi connectivity index (χ0v) is 10.9. The van der Waals surface area contributed by atoms with E-state index in [9.17, 15) is 13.2 Å². The Labute approximate surface area is 110 Å². The fourth-order valence-corrected chi connectivity index (χ4v) is 2.16. The van der Waals surface area contributed by atoms with Gasteiger partial charge in [0.05, 0.1) is 6.54 Å². The van der Waals surface area contributed by atoms with E-state index >= 15 is 0 Å². The highest BCUT2D eigenvalue weighted by Gasteiger charge is 2.27. The van der Waals surface area contributed by atoms with Gasteiger partial charge in [0.2, 0.25) is 0 Å². The predicted molar refractivity (Wildman–Crippen MR) is 70.3 cm³/mol. The van der Waals surface area contributed by atoms with Crippen molar-refractivity contribution in [2.45, 2.75) is 32.5 Å². The van der Waals surface area contributed by atoms with E-state index in [1.165, 1.54) is 0 Å². The summed E-state index contributed by atoms with van der Waals surface area (Å²) in [4.78, 5) is 3.16. The first kappa shape index (κ1) is 13.9. The zero-order valence-electron chi connectivity index (χ0n) is 10.9. The first-order valence-electron chi connectivity index (χ1n) is 6.22. The van der Waals surface area contributed by atoms with Crippen LogP contribution < -0.4 is 5.32 Å². The number of hydrogen-bond acceptors (Lipinski definition) is 1. The lowest BCUT2D eigenvalue weighted by molar-refractivity contribution is -0.126. The van der Waals surface area contributed by atoms with Crippen LogP contribution >= 0.6 is 0 Å². The lowest BCUT2D eigenvalue weighted by atomic mass is 10.1. The molecule has 1 unspecified atom stereocenters. The van der Waals surface area contributed by atoms with Crippen LogP contribution in [0.25, 0.3) is 10.9 Å². The molecule has 0 spiro atoms. The predicted octanol–water partition coefficient (Wildman–Crippen LogP) is 3.56. The maximum Gasteiger partial charge on any atom is 0.401 e. The molecule has 1 atom stereocenters. The molecule has 0 saturated carbocycles. The third kappa shape index (κ3) is 3.73. The van der Waals surface area contributed by atoms with E-state index in [0.717, 1.165) is 22.0 Å². The van der Waals surface area contributed by atoms with E-state index in [2.05, 4.69) is 10.3 Å². The summed E-state index contributed by atoms with van der Waals surface area (Å²) in [5.41, 5.74) is 3.22. The molecule has 1 aromatic carbocycles. The van der Waals surface area contributed by atoms with Gasteiger partial charge in [0.25, 0.3) is 0 Å². The van der Waals surface area contributed by atoms with Gasteiger partial charge < -0.3 is 10.3 Å². The van der Waals surface area contributed by atoms with E-state index in [-0.39, 0.29) is 6.04 Å². The Hall–Kier alpha value is -1.49. The van der Waals surface area contributed by atoms with Crippen molar-refractivity contribution < 1.29 is 13.2 Å². The molecule has 0 bridgehead atoms. The molecule has 0 amide bonds. The molecule has 0 aliphatic rings. The average molecular weight is 270 g/mol. The normalized spacial score (nSPS) is 13.9. The minimum Gasteiger partial charge on any atom is -0.361 e. The second-order valence-corrected chi connectivity index (χ2v) is 4.96. The summed E-state index contributed by atoms with van der Waals surface area (Å²) in [5.74, 6) is 0. The number of nitrogens with one attached hydrogen (secondary N) is 2. The Morgan fingerprint density at radius 1 is 1.32 bits per heavy atom. The van der Waals surface area contributed by atoms with Crippen LogP contribution in [0.15, 0.2) is 24.4 Å². The van der Waals surface area contributed by atoms with Crippen molar-refractivity contribution in [3.63, 3.8) is 0 Å². The second kappa shape index (κ2) is 5.25. The molecule has 1 aromatic heterocycles. The fourth-order valence-electron chi connectivity index (χ4n) is 2.16. The zero-order chi connectivity index (χ0) is 14.0. The summed E-state index contributed by atoms with van der Waals surface area (Å²) in [7, 11) is 0. The van der Waals surface area contributed by atoms with Gasteiger partial charge in [0.15, 0.2) is 0 Å². The molecule has 0 radical (unpaired) electrons. The topological polar surface area (TPSA) is 27.8 Å². The van der Waals surface area contributed by atoms with Crippen molar-refractivity contribution in [3.8, 4) is 0 Å². The fraction of sp³-hybridized carbons (Fsp3) is 0.429. The Morgan fingerprint density at radius 3 is 2.74 bits per heavy atom. The second-order valence-electron chi connectivity index (χ2n) is 4.96. The summed E-state index contributed by atoms with van der Waals surface area (Å²) in [5, 5.41) is 3.57. The van der Waals surface area contributed by atoms with Crippen molar-refractivity contribution in [1.29, 1.82) is 0 Å². The Morgan fingerprint density at radius 2 is 2.05 bits per heavy atom. The van der Waals surface area contributed by atoms with Crippen LogP contribution in [-0.4, -0.2) is 23.7 Å². The van der Waals surface area contributed by atoms with Crippen LogP contribution in [-0.2, 0) is 6.42 Å². The van der Waals surface area contributed by atoms with Crippen LogP contribution in [0.1, 0.15) is 18.1 Å². The van der Waals surface area contributed by atoms with Crippen LogP contribution in [0, 0.1) is 6.92 Å². The Kier molecular flexibility index (Phi) is 3.85. The quantitative estimate of drug-likeness (QED) is 0.873. The van der Waals surface area contributed by atoms with Crippen molar-refractivity contribution >= 4 is 10.9 Å². The molecule has 5 heteroatoms. The highest BCUT2D eigenvalue weighted by Crippen LogP contribution is 2.21. The van der Waals surface area contributed by atoms with Crippen LogP contribution in [0.2, 0.25) is 0 Å². The number of aryl methyl sites for hydroxylation is 1. The molecular weight excluding hydrogens is 253 g/mol. The highest BCUT2D eigenvalue weighted by atomic mass is 19.4. The van der Waals surface area contributed by atoms with Crippen molar-refractivity contribution in [1.82, 2.24) is 10.3 Å². The summed E-state index contributed by atoms with van der Waals surface area (Å²) >= 11 is 0. The van der Waals surface area contributed by atoms with Crippen molar-refractivity contribution in [2.75, 3.05) is 6.54 Å². The molecule has 2 nitrogen and oxygen atoms in total. The number of aromatic amines is 1. The molecule has 2 aromatic rings. The van der Waals surface area contributed by atoms with E-state index in [1.807, 2.05) is 31.3 Å². The Balaban J connectivity index is 2.05. The lowest BCUT2D eigenvalue weighted by Gasteiger charge is -2.15. The standard InChI is InChI=1S/C14H17F3N2/c1-9-3-4-12-11(7-18-13(12)5-9)6-10(2)19-8-14(15,16)17/h3-5,7,10,18-19H,6,8H2,1-2H3. The average Bonchev–Trinajstić information content (AvgIpc) is 2.68. The third-order valence-electron chi connectivity index (χ3n) is 3.10. The molecule has 104 valence electrons. The minimum absolute atomic E-state index is 0.220. The van der Waals surface area contributed by atoms with Gasteiger partial charge in [0.1, 0.15) is 0 Å². The van der Waals surface area contributed by atoms with Crippen LogP contribution in [0.3, 0.4) is 0 Å².